The lowest BCUT2D eigenvalue weighted by Crippen LogP contribution is -2.46. The van der Waals surface area contributed by atoms with Crippen molar-refractivity contribution in [1.82, 2.24) is 15.1 Å². The minimum atomic E-state index is -0.263. The Morgan fingerprint density at radius 3 is 2.38 bits per heavy atom. The van der Waals surface area contributed by atoms with E-state index in [4.69, 9.17) is 10.2 Å². The molecule has 2 N–H and O–H groups in total. The molecule has 0 aliphatic carbocycles. The molecule has 0 bridgehead atoms. The number of piperazine rings is 1. The van der Waals surface area contributed by atoms with E-state index >= 15 is 0 Å². The van der Waals surface area contributed by atoms with Crippen molar-refractivity contribution < 1.29 is 4.42 Å². The predicted octanol–water partition coefficient (Wildman–Crippen LogP) is 2.30. The van der Waals surface area contributed by atoms with Crippen molar-refractivity contribution >= 4 is 30.8 Å². The van der Waals surface area contributed by atoms with Gasteiger partial charge in [-0.2, -0.15) is 0 Å². The molecule has 0 unspecified atom stereocenters. The molecule has 3 rings (SSSR count). The Kier molecular flexibility index (Phi) is 8.48. The van der Waals surface area contributed by atoms with Gasteiger partial charge >= 0.3 is 6.01 Å². The fourth-order valence-corrected chi connectivity index (χ4v) is 2.71. The fraction of sp³-hybridized carbons (Fsp3) is 0.500. The first-order valence-corrected chi connectivity index (χ1v) is 7.86. The van der Waals surface area contributed by atoms with Crippen LogP contribution in [0.15, 0.2) is 34.7 Å². The molecule has 1 atom stereocenters. The Labute approximate surface area is 155 Å². The number of hydrogen-bond acceptors (Lipinski definition) is 6. The first-order valence-electron chi connectivity index (χ1n) is 7.86. The maximum atomic E-state index is 6.19. The molecule has 0 amide bonds. The molecule has 6 nitrogen and oxygen atoms in total. The van der Waals surface area contributed by atoms with Crippen LogP contribution < -0.4 is 10.6 Å². The minimum absolute atomic E-state index is 0. The third-order valence-electron chi connectivity index (χ3n) is 4.14. The van der Waals surface area contributed by atoms with Gasteiger partial charge in [0.2, 0.25) is 5.89 Å². The zero-order valence-corrected chi connectivity index (χ0v) is 15.4. The summed E-state index contributed by atoms with van der Waals surface area (Å²) in [6.07, 6.45) is 0.700. The van der Waals surface area contributed by atoms with Crippen LogP contribution in [0, 0.1) is 0 Å². The number of nitrogens with zero attached hydrogens (tertiary/aromatic N) is 4. The lowest BCUT2D eigenvalue weighted by atomic mass is 10.1. The smallest absolute Gasteiger partial charge is 0.318 e. The van der Waals surface area contributed by atoms with Crippen molar-refractivity contribution in [2.24, 2.45) is 5.73 Å². The molecular formula is C16H25Cl2N5O. The van der Waals surface area contributed by atoms with E-state index in [1.807, 2.05) is 18.2 Å². The first-order chi connectivity index (χ1) is 10.8. The van der Waals surface area contributed by atoms with Crippen molar-refractivity contribution in [3.05, 3.63) is 41.8 Å². The van der Waals surface area contributed by atoms with Crippen LogP contribution in [0.25, 0.3) is 0 Å². The number of likely N-dealkylation sites (N-methyl/N-ethyl adjacent to an activating group) is 1. The molecule has 1 aliphatic rings. The van der Waals surface area contributed by atoms with Gasteiger partial charge < -0.3 is 20.0 Å². The predicted molar refractivity (Wildman–Crippen MR) is 100 cm³/mol. The van der Waals surface area contributed by atoms with E-state index in [9.17, 15) is 0 Å². The topological polar surface area (TPSA) is 71.4 Å². The maximum Gasteiger partial charge on any atom is 0.318 e. The normalized spacial score (nSPS) is 16.2. The monoisotopic (exact) mass is 373 g/mol. The van der Waals surface area contributed by atoms with E-state index in [0.717, 1.165) is 32.7 Å². The molecule has 24 heavy (non-hydrogen) atoms. The fourth-order valence-electron chi connectivity index (χ4n) is 2.71. The molecule has 1 fully saturated rings. The number of anilines is 1. The van der Waals surface area contributed by atoms with Crippen LogP contribution in [0.1, 0.15) is 24.4 Å². The molecule has 0 saturated carbocycles. The molecule has 1 saturated heterocycles. The van der Waals surface area contributed by atoms with Crippen LogP contribution >= 0.6 is 24.8 Å². The number of nitrogens with two attached hydrogens (primary N) is 1. The summed E-state index contributed by atoms with van der Waals surface area (Å²) in [5.74, 6) is 0.511. The molecule has 2 heterocycles. The summed E-state index contributed by atoms with van der Waals surface area (Å²) in [4.78, 5) is 4.55. The minimum Gasteiger partial charge on any atom is -0.406 e. The zero-order valence-electron chi connectivity index (χ0n) is 13.8. The van der Waals surface area contributed by atoms with Crippen LogP contribution in [0.2, 0.25) is 0 Å². The highest BCUT2D eigenvalue weighted by molar-refractivity contribution is 5.85. The van der Waals surface area contributed by atoms with Crippen molar-refractivity contribution in [3.63, 3.8) is 0 Å². The highest BCUT2D eigenvalue weighted by atomic mass is 35.5. The van der Waals surface area contributed by atoms with Gasteiger partial charge in [-0.25, -0.2) is 0 Å². The lowest BCUT2D eigenvalue weighted by Gasteiger charge is -2.32. The van der Waals surface area contributed by atoms with E-state index in [2.05, 4.69) is 39.1 Å². The second-order valence-corrected chi connectivity index (χ2v) is 5.64. The number of aromatic nitrogens is 2. The molecule has 1 aliphatic heterocycles. The number of hydrogen-bond donors (Lipinski definition) is 1. The van der Waals surface area contributed by atoms with E-state index < -0.39 is 0 Å². The van der Waals surface area contributed by atoms with E-state index in [1.165, 1.54) is 5.56 Å². The third kappa shape index (κ3) is 5.08. The van der Waals surface area contributed by atoms with Gasteiger partial charge in [-0.1, -0.05) is 42.4 Å². The van der Waals surface area contributed by atoms with Crippen molar-refractivity contribution in [2.75, 3.05) is 37.6 Å². The second-order valence-electron chi connectivity index (χ2n) is 5.64. The Bertz CT molecular complexity index is 587. The molecule has 1 aromatic carbocycles. The van der Waals surface area contributed by atoms with Gasteiger partial charge in [-0.05, 0) is 18.5 Å². The van der Waals surface area contributed by atoms with Crippen LogP contribution in [0.3, 0.4) is 0 Å². The summed E-state index contributed by atoms with van der Waals surface area (Å²) in [7, 11) is 0. The average Bonchev–Trinajstić information content (AvgIpc) is 3.06. The Morgan fingerprint density at radius 2 is 1.75 bits per heavy atom. The van der Waals surface area contributed by atoms with Gasteiger partial charge in [0.05, 0.1) is 6.04 Å². The van der Waals surface area contributed by atoms with Gasteiger partial charge in [0.1, 0.15) is 0 Å². The largest absolute Gasteiger partial charge is 0.406 e. The number of rotatable bonds is 5. The number of halogens is 2. The van der Waals surface area contributed by atoms with Crippen molar-refractivity contribution in [1.29, 1.82) is 0 Å². The second kappa shape index (κ2) is 9.84. The van der Waals surface area contributed by atoms with Crippen LogP contribution in [0.4, 0.5) is 6.01 Å². The van der Waals surface area contributed by atoms with Gasteiger partial charge in [0.25, 0.3) is 0 Å². The SMILES string of the molecule is CCN1CCN(c2nnc([C@H](N)Cc3ccccc3)o2)CC1.Cl.Cl. The van der Waals surface area contributed by atoms with Crippen molar-refractivity contribution in [3.8, 4) is 0 Å². The molecule has 0 spiro atoms. The standard InChI is InChI=1S/C16H23N5O.2ClH/c1-2-20-8-10-21(11-9-20)16-19-18-15(22-16)14(17)12-13-6-4-3-5-7-13;;/h3-7,14H,2,8-12,17H2,1H3;2*1H/t14-;;/m1../s1. The van der Waals surface area contributed by atoms with Gasteiger partial charge in [0, 0.05) is 26.2 Å². The highest BCUT2D eigenvalue weighted by Crippen LogP contribution is 2.20. The van der Waals surface area contributed by atoms with E-state index in [-0.39, 0.29) is 30.9 Å². The van der Waals surface area contributed by atoms with Crippen LogP contribution in [0.5, 0.6) is 0 Å². The summed E-state index contributed by atoms with van der Waals surface area (Å²) in [5.41, 5.74) is 7.36. The Balaban J connectivity index is 0.00000144. The van der Waals surface area contributed by atoms with Crippen LogP contribution in [-0.4, -0.2) is 47.8 Å². The average molecular weight is 374 g/mol. The molecule has 2 aromatic rings. The Morgan fingerprint density at radius 1 is 1.08 bits per heavy atom. The molecule has 0 radical (unpaired) electrons. The van der Waals surface area contributed by atoms with E-state index in [0.29, 0.717) is 18.3 Å². The third-order valence-corrected chi connectivity index (χ3v) is 4.14. The maximum absolute atomic E-state index is 6.19. The van der Waals surface area contributed by atoms with Gasteiger partial charge in [-0.15, -0.1) is 29.9 Å². The summed E-state index contributed by atoms with van der Waals surface area (Å²) in [6, 6.07) is 10.5. The highest BCUT2D eigenvalue weighted by Gasteiger charge is 2.22. The van der Waals surface area contributed by atoms with Crippen molar-refractivity contribution in [2.45, 2.75) is 19.4 Å². The molecule has 1 aromatic heterocycles. The summed E-state index contributed by atoms with van der Waals surface area (Å²) < 4.78 is 5.79. The zero-order chi connectivity index (χ0) is 15.4. The lowest BCUT2D eigenvalue weighted by molar-refractivity contribution is 0.264. The first kappa shape index (κ1) is 20.7. The van der Waals surface area contributed by atoms with Crippen LogP contribution in [-0.2, 0) is 6.42 Å². The summed E-state index contributed by atoms with van der Waals surface area (Å²) in [5, 5.41) is 8.29. The van der Waals surface area contributed by atoms with E-state index in [1.54, 1.807) is 0 Å². The number of benzene rings is 1. The summed E-state index contributed by atoms with van der Waals surface area (Å²) in [6.45, 7) is 7.18. The quantitative estimate of drug-likeness (QED) is 0.866. The summed E-state index contributed by atoms with van der Waals surface area (Å²) >= 11 is 0. The van der Waals surface area contributed by atoms with Gasteiger partial charge in [0.15, 0.2) is 0 Å². The Hall–Kier alpha value is -1.34. The van der Waals surface area contributed by atoms with Gasteiger partial charge in [-0.3, -0.25) is 0 Å². The molecular weight excluding hydrogens is 349 g/mol. The molecule has 8 heteroatoms. The molecule has 134 valence electrons.